The molecule has 1 saturated carbocycles. The maximum Gasteiger partial charge on any atom is 0.418 e. The summed E-state index contributed by atoms with van der Waals surface area (Å²) in [5.74, 6) is -1.38. The van der Waals surface area contributed by atoms with E-state index in [1.54, 1.807) is 6.92 Å². The van der Waals surface area contributed by atoms with Crippen LogP contribution in [0.1, 0.15) is 37.1 Å². The van der Waals surface area contributed by atoms with Crippen LogP contribution in [0.2, 0.25) is 0 Å². The number of para-hydroxylation sites is 1. The minimum absolute atomic E-state index is 0.121. The summed E-state index contributed by atoms with van der Waals surface area (Å²) in [7, 11) is 0. The van der Waals surface area contributed by atoms with Crippen molar-refractivity contribution in [3.8, 4) is 5.75 Å². The van der Waals surface area contributed by atoms with Gasteiger partial charge in [0.05, 0.1) is 47.3 Å². The number of nitrogens with zero attached hydrogens (tertiary/aromatic N) is 3. The highest BCUT2D eigenvalue weighted by atomic mass is 19.4. The number of hydrogen-bond donors (Lipinski definition) is 3. The van der Waals surface area contributed by atoms with Crippen molar-refractivity contribution in [1.82, 2.24) is 25.6 Å². The number of carbonyl (C=O) groups is 2. The molecule has 0 radical (unpaired) electrons. The van der Waals surface area contributed by atoms with Crippen molar-refractivity contribution >= 4 is 23.4 Å². The molecule has 1 unspecified atom stereocenters. The zero-order valence-corrected chi connectivity index (χ0v) is 18.8. The molecule has 2 heterocycles. The number of alkyl halides is 3. The average molecular weight is 504 g/mol. The third-order valence-corrected chi connectivity index (χ3v) is 5.44. The van der Waals surface area contributed by atoms with Gasteiger partial charge in [-0.25, -0.2) is 19.2 Å². The summed E-state index contributed by atoms with van der Waals surface area (Å²) < 4.78 is 58.8. The van der Waals surface area contributed by atoms with Gasteiger partial charge in [0.15, 0.2) is 5.75 Å². The van der Waals surface area contributed by atoms with Crippen LogP contribution >= 0.6 is 0 Å². The van der Waals surface area contributed by atoms with Crippen molar-refractivity contribution in [2.45, 2.75) is 37.5 Å². The molecule has 0 saturated heterocycles. The molecule has 188 valence electrons. The highest BCUT2D eigenvalue weighted by Gasteiger charge is 2.52. The maximum atomic E-state index is 14.1. The second-order valence-corrected chi connectivity index (χ2v) is 8.12. The van der Waals surface area contributed by atoms with Gasteiger partial charge in [0, 0.05) is 0 Å². The van der Waals surface area contributed by atoms with Crippen LogP contribution in [-0.4, -0.2) is 32.5 Å². The van der Waals surface area contributed by atoms with E-state index in [9.17, 15) is 27.2 Å². The van der Waals surface area contributed by atoms with Crippen molar-refractivity contribution in [3.05, 3.63) is 72.3 Å². The number of ether oxygens (including phenoxy) is 1. The Morgan fingerprint density at radius 1 is 1.08 bits per heavy atom. The van der Waals surface area contributed by atoms with Crippen LogP contribution in [0.4, 0.5) is 33.7 Å². The third-order valence-electron chi connectivity index (χ3n) is 5.44. The fraction of sp³-hybridized carbons (Fsp3) is 0.261. The molecule has 3 aromatic rings. The average Bonchev–Trinajstić information content (AvgIpc) is 3.61. The van der Waals surface area contributed by atoms with E-state index >= 15 is 0 Å². The van der Waals surface area contributed by atoms with Gasteiger partial charge < -0.3 is 20.7 Å². The van der Waals surface area contributed by atoms with E-state index in [0.29, 0.717) is 18.5 Å². The molecule has 1 atom stereocenters. The number of anilines is 2. The Balaban J connectivity index is 1.37. The van der Waals surface area contributed by atoms with Gasteiger partial charge in [0.25, 0.3) is 0 Å². The van der Waals surface area contributed by atoms with Crippen molar-refractivity contribution in [2.24, 2.45) is 0 Å². The molecule has 13 heteroatoms. The molecule has 3 N–H and O–H groups in total. The standard InChI is InChI=1S/C23H20F4N6O3/c1-13(31-20(34)22(7-8-22)33-21(35)36-15-10-28-12-29-11-15)18-6-5-14(9-30-18)32-19-16(23(25,26)27)3-2-4-17(19)24/h2-6,9-13,32H,7-8H2,1H3,(H,31,34)(H,33,35). The number of hydrogen-bond acceptors (Lipinski definition) is 7. The fourth-order valence-electron chi connectivity index (χ4n) is 3.38. The molecule has 0 spiro atoms. The number of amides is 2. The number of benzene rings is 1. The fourth-order valence-corrected chi connectivity index (χ4v) is 3.38. The van der Waals surface area contributed by atoms with Crippen LogP contribution in [-0.2, 0) is 11.0 Å². The number of pyridine rings is 1. The summed E-state index contributed by atoms with van der Waals surface area (Å²) in [6.07, 6.45) is 0.352. The first-order chi connectivity index (χ1) is 17.1. The lowest BCUT2D eigenvalue weighted by atomic mass is 10.1. The Morgan fingerprint density at radius 2 is 1.81 bits per heavy atom. The minimum Gasteiger partial charge on any atom is -0.407 e. The van der Waals surface area contributed by atoms with Crippen LogP contribution in [0.15, 0.2) is 55.2 Å². The van der Waals surface area contributed by atoms with Crippen molar-refractivity contribution < 1.29 is 31.9 Å². The second kappa shape index (κ2) is 9.76. The monoisotopic (exact) mass is 504 g/mol. The SMILES string of the molecule is CC(NC(=O)C1(NC(=O)Oc2cncnc2)CC1)c1ccc(Nc2c(F)cccc2C(F)(F)F)cn1. The first-order valence-corrected chi connectivity index (χ1v) is 10.7. The lowest BCUT2D eigenvalue weighted by molar-refractivity contribution is -0.137. The van der Waals surface area contributed by atoms with Gasteiger partial charge in [0.2, 0.25) is 5.91 Å². The molecule has 0 bridgehead atoms. The summed E-state index contributed by atoms with van der Waals surface area (Å²) in [6.45, 7) is 1.65. The van der Waals surface area contributed by atoms with Gasteiger partial charge in [-0.15, -0.1) is 0 Å². The number of aromatic nitrogens is 3. The third kappa shape index (κ3) is 5.67. The largest absolute Gasteiger partial charge is 0.418 e. The van der Waals surface area contributed by atoms with Gasteiger partial charge in [-0.05, 0) is 44.0 Å². The number of nitrogens with one attached hydrogen (secondary N) is 3. The highest BCUT2D eigenvalue weighted by Crippen LogP contribution is 2.38. The van der Waals surface area contributed by atoms with Gasteiger partial charge >= 0.3 is 12.3 Å². The summed E-state index contributed by atoms with van der Waals surface area (Å²) >= 11 is 0. The van der Waals surface area contributed by atoms with Crippen LogP contribution in [0.3, 0.4) is 0 Å². The quantitative estimate of drug-likeness (QED) is 0.411. The van der Waals surface area contributed by atoms with Crippen LogP contribution in [0.5, 0.6) is 5.75 Å². The molecular formula is C23H20F4N6O3. The van der Waals surface area contributed by atoms with Gasteiger partial charge in [0.1, 0.15) is 17.7 Å². The van der Waals surface area contributed by atoms with E-state index in [0.717, 1.165) is 18.2 Å². The van der Waals surface area contributed by atoms with E-state index in [1.165, 1.54) is 37.1 Å². The van der Waals surface area contributed by atoms with Crippen LogP contribution < -0.4 is 20.7 Å². The topological polar surface area (TPSA) is 118 Å². The van der Waals surface area contributed by atoms with Crippen molar-refractivity contribution in [2.75, 3.05) is 5.32 Å². The Kier molecular flexibility index (Phi) is 6.73. The molecule has 2 amide bonds. The molecule has 1 aromatic carbocycles. The van der Waals surface area contributed by atoms with E-state index < -0.39 is 46.8 Å². The molecule has 0 aliphatic heterocycles. The summed E-state index contributed by atoms with van der Waals surface area (Å²) in [5, 5.41) is 7.71. The number of carbonyl (C=O) groups excluding carboxylic acids is 2. The number of rotatable bonds is 7. The molecule has 1 fully saturated rings. The van der Waals surface area contributed by atoms with E-state index in [-0.39, 0.29) is 11.4 Å². The molecule has 9 nitrogen and oxygen atoms in total. The van der Waals surface area contributed by atoms with E-state index in [1.807, 2.05) is 0 Å². The molecule has 2 aromatic heterocycles. The Labute approximate surface area is 202 Å². The molecular weight excluding hydrogens is 484 g/mol. The highest BCUT2D eigenvalue weighted by molar-refractivity contribution is 5.93. The van der Waals surface area contributed by atoms with Crippen LogP contribution in [0, 0.1) is 5.82 Å². The molecule has 1 aliphatic carbocycles. The van der Waals surface area contributed by atoms with Gasteiger partial charge in [-0.1, -0.05) is 6.07 Å². The van der Waals surface area contributed by atoms with Gasteiger partial charge in [-0.2, -0.15) is 13.2 Å². The summed E-state index contributed by atoms with van der Waals surface area (Å²) in [6, 6.07) is 4.98. The molecule has 1 aliphatic rings. The minimum atomic E-state index is -4.75. The first-order valence-electron chi connectivity index (χ1n) is 10.7. The summed E-state index contributed by atoms with van der Waals surface area (Å²) in [4.78, 5) is 36.5. The van der Waals surface area contributed by atoms with Crippen molar-refractivity contribution in [1.29, 1.82) is 0 Å². The predicted molar refractivity (Wildman–Crippen MR) is 119 cm³/mol. The molecule has 4 rings (SSSR count). The zero-order chi connectivity index (χ0) is 25.9. The normalized spacial score (nSPS) is 14.9. The van der Waals surface area contributed by atoms with E-state index in [4.69, 9.17) is 4.74 Å². The summed E-state index contributed by atoms with van der Waals surface area (Å²) in [5.41, 5.74) is -2.45. The second-order valence-electron chi connectivity index (χ2n) is 8.12. The van der Waals surface area contributed by atoms with Crippen LogP contribution in [0.25, 0.3) is 0 Å². The lowest BCUT2D eigenvalue weighted by Crippen LogP contribution is -2.50. The predicted octanol–water partition coefficient (Wildman–Crippen LogP) is 4.27. The molecule has 36 heavy (non-hydrogen) atoms. The Morgan fingerprint density at radius 3 is 2.42 bits per heavy atom. The van der Waals surface area contributed by atoms with E-state index in [2.05, 4.69) is 30.9 Å². The zero-order valence-electron chi connectivity index (χ0n) is 18.8. The Hall–Kier alpha value is -4.29. The smallest absolute Gasteiger partial charge is 0.407 e. The first kappa shape index (κ1) is 24.8. The maximum absolute atomic E-state index is 14.1. The van der Waals surface area contributed by atoms with Crippen molar-refractivity contribution in [3.63, 3.8) is 0 Å². The van der Waals surface area contributed by atoms with Gasteiger partial charge in [-0.3, -0.25) is 9.78 Å². The number of halogens is 4. The lowest BCUT2D eigenvalue weighted by Gasteiger charge is -2.20. The Bertz CT molecular complexity index is 1250.